The van der Waals surface area contributed by atoms with E-state index in [-0.39, 0.29) is 5.91 Å². The molecule has 1 aromatic carbocycles. The summed E-state index contributed by atoms with van der Waals surface area (Å²) < 4.78 is 1.93. The highest BCUT2D eigenvalue weighted by Gasteiger charge is 2.11. The minimum absolute atomic E-state index is 0.270. The van der Waals surface area contributed by atoms with E-state index in [0.717, 1.165) is 16.9 Å². The molecule has 6 heteroatoms. The number of hydrogen-bond acceptors (Lipinski definition) is 3. The molecule has 0 bridgehead atoms. The fraction of sp³-hybridized carbons (Fsp3) is 0.0667. The number of hydrogen-bond donors (Lipinski definition) is 3. The van der Waals surface area contributed by atoms with Crippen molar-refractivity contribution in [1.29, 1.82) is 0 Å². The molecule has 0 aliphatic rings. The Morgan fingerprint density at radius 2 is 2.05 bits per heavy atom. The molecule has 0 aliphatic heterocycles. The zero-order valence-electron chi connectivity index (χ0n) is 11.5. The lowest BCUT2D eigenvalue weighted by Crippen LogP contribution is -2.29. The molecule has 21 heavy (non-hydrogen) atoms. The molecule has 1 amide bonds. The molecule has 2 aromatic heterocycles. The van der Waals surface area contributed by atoms with Crippen LogP contribution >= 0.6 is 0 Å². The normalized spacial score (nSPS) is 10.3. The van der Waals surface area contributed by atoms with Gasteiger partial charge in [-0.2, -0.15) is 5.10 Å². The van der Waals surface area contributed by atoms with Crippen molar-refractivity contribution in [1.82, 2.24) is 20.2 Å². The second-order valence-corrected chi connectivity index (χ2v) is 4.68. The second-order valence-electron chi connectivity index (χ2n) is 4.68. The van der Waals surface area contributed by atoms with Gasteiger partial charge in [0.1, 0.15) is 5.69 Å². The second kappa shape index (κ2) is 5.54. The van der Waals surface area contributed by atoms with E-state index in [1.165, 1.54) is 0 Å². The van der Waals surface area contributed by atoms with Crippen molar-refractivity contribution in [2.45, 2.75) is 0 Å². The molecule has 0 atom stereocenters. The number of amides is 1. The quantitative estimate of drug-likeness (QED) is 0.642. The first kappa shape index (κ1) is 13.0. The van der Waals surface area contributed by atoms with E-state index in [2.05, 4.69) is 21.0 Å². The Hall–Kier alpha value is -3.02. The Morgan fingerprint density at radius 3 is 2.76 bits per heavy atom. The fourth-order valence-electron chi connectivity index (χ4n) is 1.96. The molecule has 6 nitrogen and oxygen atoms in total. The van der Waals surface area contributed by atoms with Crippen molar-refractivity contribution >= 4 is 11.6 Å². The van der Waals surface area contributed by atoms with Gasteiger partial charge in [-0.3, -0.25) is 20.7 Å². The third-order valence-corrected chi connectivity index (χ3v) is 3.04. The van der Waals surface area contributed by atoms with E-state index in [4.69, 9.17) is 0 Å². The summed E-state index contributed by atoms with van der Waals surface area (Å²) in [7, 11) is 1.94. The predicted octanol–water partition coefficient (Wildman–Crippen LogP) is 2.17. The first-order valence-corrected chi connectivity index (χ1v) is 6.51. The molecule has 0 fully saturated rings. The van der Waals surface area contributed by atoms with E-state index in [0.29, 0.717) is 5.69 Å². The topological polar surface area (TPSA) is 74.7 Å². The Bertz CT molecular complexity index is 744. The van der Waals surface area contributed by atoms with Crippen molar-refractivity contribution < 1.29 is 4.79 Å². The van der Waals surface area contributed by atoms with Crippen LogP contribution in [0.25, 0.3) is 11.3 Å². The summed E-state index contributed by atoms with van der Waals surface area (Å²) in [5.74, 6) is -0.270. The lowest BCUT2D eigenvalue weighted by molar-refractivity contribution is 0.0957. The van der Waals surface area contributed by atoms with Gasteiger partial charge in [0.15, 0.2) is 0 Å². The number of nitrogens with one attached hydrogen (secondary N) is 3. The molecule has 3 rings (SSSR count). The zero-order chi connectivity index (χ0) is 14.7. The number of para-hydroxylation sites is 1. The molecule has 3 aromatic rings. The summed E-state index contributed by atoms with van der Waals surface area (Å²) >= 11 is 0. The van der Waals surface area contributed by atoms with Crippen LogP contribution in [0.3, 0.4) is 0 Å². The van der Waals surface area contributed by atoms with Gasteiger partial charge in [-0.1, -0.05) is 18.2 Å². The highest BCUT2D eigenvalue weighted by molar-refractivity contribution is 5.94. The first-order valence-electron chi connectivity index (χ1n) is 6.51. The van der Waals surface area contributed by atoms with Crippen molar-refractivity contribution in [3.05, 3.63) is 60.6 Å². The number of rotatable bonds is 4. The largest absolute Gasteiger partial charge is 0.357 e. The highest BCUT2D eigenvalue weighted by atomic mass is 16.2. The Balaban J connectivity index is 1.67. The van der Waals surface area contributed by atoms with Gasteiger partial charge in [-0.25, -0.2) is 0 Å². The molecule has 106 valence electrons. The Kier molecular flexibility index (Phi) is 3.42. The van der Waals surface area contributed by atoms with E-state index in [9.17, 15) is 4.79 Å². The Labute approximate surface area is 121 Å². The van der Waals surface area contributed by atoms with Gasteiger partial charge in [0.2, 0.25) is 0 Å². The van der Waals surface area contributed by atoms with Gasteiger partial charge in [0.25, 0.3) is 5.91 Å². The molecule has 2 heterocycles. The van der Waals surface area contributed by atoms with Crippen LogP contribution in [0.15, 0.2) is 54.9 Å². The van der Waals surface area contributed by atoms with Crippen LogP contribution in [0.1, 0.15) is 10.5 Å². The molecule has 3 N–H and O–H groups in total. The minimum atomic E-state index is -0.270. The molecular formula is C15H15N5O. The first-order chi connectivity index (χ1) is 10.2. The molecule has 0 saturated heterocycles. The van der Waals surface area contributed by atoms with E-state index in [1.54, 1.807) is 6.07 Å². The smallest absolute Gasteiger partial charge is 0.287 e. The number of aromatic amines is 1. The summed E-state index contributed by atoms with van der Waals surface area (Å²) in [6.07, 6.45) is 3.88. The fourth-order valence-corrected chi connectivity index (χ4v) is 1.96. The van der Waals surface area contributed by atoms with Crippen LogP contribution in [0.5, 0.6) is 0 Å². The summed E-state index contributed by atoms with van der Waals surface area (Å²) in [6, 6.07) is 13.1. The maximum absolute atomic E-state index is 12.0. The SMILES string of the molecule is Cn1ccc(-c2cc(C(=O)NNc3ccccc3)[nH]n2)c1. The van der Waals surface area contributed by atoms with Crippen molar-refractivity contribution in [3.8, 4) is 11.3 Å². The lowest BCUT2D eigenvalue weighted by atomic mass is 10.2. The summed E-state index contributed by atoms with van der Waals surface area (Å²) in [6.45, 7) is 0. The number of anilines is 1. The van der Waals surface area contributed by atoms with E-state index >= 15 is 0 Å². The van der Waals surface area contributed by atoms with Crippen molar-refractivity contribution in [2.75, 3.05) is 5.43 Å². The lowest BCUT2D eigenvalue weighted by Gasteiger charge is -2.06. The van der Waals surface area contributed by atoms with Gasteiger partial charge in [0, 0.05) is 25.0 Å². The predicted molar refractivity (Wildman–Crippen MR) is 80.5 cm³/mol. The number of hydrazine groups is 1. The summed E-state index contributed by atoms with van der Waals surface area (Å²) in [5, 5.41) is 6.89. The number of H-pyrrole nitrogens is 1. The number of carbonyl (C=O) groups is 1. The van der Waals surface area contributed by atoms with Crippen molar-refractivity contribution in [3.63, 3.8) is 0 Å². The molecule has 0 radical (unpaired) electrons. The minimum Gasteiger partial charge on any atom is -0.357 e. The standard InChI is InChI=1S/C15H15N5O/c1-20-8-7-11(10-20)13-9-14(18-17-13)15(21)19-16-12-5-3-2-4-6-12/h2-10,16H,1H3,(H,17,18)(H,19,21). The number of aromatic nitrogens is 3. The van der Waals surface area contributed by atoms with E-state index < -0.39 is 0 Å². The molecule has 0 unspecified atom stereocenters. The molecule has 0 saturated carbocycles. The van der Waals surface area contributed by atoms with Crippen LogP contribution in [0.2, 0.25) is 0 Å². The van der Waals surface area contributed by atoms with Gasteiger partial charge in [-0.05, 0) is 24.3 Å². The van der Waals surface area contributed by atoms with Crippen molar-refractivity contribution in [2.24, 2.45) is 7.05 Å². The monoisotopic (exact) mass is 281 g/mol. The summed E-state index contributed by atoms with van der Waals surface area (Å²) in [5.41, 5.74) is 8.38. The number of carbonyl (C=O) groups excluding carboxylic acids is 1. The number of nitrogens with zero attached hydrogens (tertiary/aromatic N) is 2. The van der Waals surface area contributed by atoms with Gasteiger partial charge < -0.3 is 4.57 Å². The average molecular weight is 281 g/mol. The number of benzene rings is 1. The van der Waals surface area contributed by atoms with Crippen LogP contribution in [-0.4, -0.2) is 20.7 Å². The number of aryl methyl sites for hydroxylation is 1. The molecule has 0 spiro atoms. The van der Waals surface area contributed by atoms with Crippen LogP contribution in [0.4, 0.5) is 5.69 Å². The van der Waals surface area contributed by atoms with Crippen LogP contribution < -0.4 is 10.9 Å². The third-order valence-electron chi connectivity index (χ3n) is 3.04. The van der Waals surface area contributed by atoms with Crippen LogP contribution in [0, 0.1) is 0 Å². The highest BCUT2D eigenvalue weighted by Crippen LogP contribution is 2.17. The molecule has 0 aliphatic carbocycles. The van der Waals surface area contributed by atoms with E-state index in [1.807, 2.05) is 60.4 Å². The van der Waals surface area contributed by atoms with Crippen LogP contribution in [-0.2, 0) is 7.05 Å². The average Bonchev–Trinajstić information content (AvgIpc) is 3.14. The maximum Gasteiger partial charge on any atom is 0.287 e. The third kappa shape index (κ3) is 2.94. The van der Waals surface area contributed by atoms with Gasteiger partial charge >= 0.3 is 0 Å². The van der Waals surface area contributed by atoms with Gasteiger partial charge in [0.05, 0.1) is 11.4 Å². The maximum atomic E-state index is 12.0. The Morgan fingerprint density at radius 1 is 1.24 bits per heavy atom. The summed E-state index contributed by atoms with van der Waals surface area (Å²) in [4.78, 5) is 12.0. The zero-order valence-corrected chi connectivity index (χ0v) is 11.5. The van der Waals surface area contributed by atoms with Gasteiger partial charge in [-0.15, -0.1) is 0 Å². The molecular weight excluding hydrogens is 266 g/mol.